The number of anilines is 2. The van der Waals surface area contributed by atoms with Gasteiger partial charge in [0.2, 0.25) is 18.3 Å². The summed E-state index contributed by atoms with van der Waals surface area (Å²) in [6.45, 7) is 5.48. The number of nitrogens with zero attached hydrogens (tertiary/aromatic N) is 5. The molecule has 2 aliphatic rings. The molecule has 1 fully saturated rings. The Morgan fingerprint density at radius 3 is 2.43 bits per heavy atom. The van der Waals surface area contributed by atoms with Crippen LogP contribution in [0.3, 0.4) is 0 Å². The van der Waals surface area contributed by atoms with Crippen LogP contribution in [0, 0.1) is 0 Å². The predicted molar refractivity (Wildman–Crippen MR) is 119 cm³/mol. The number of aliphatic hydroxyl groups is 1. The number of aliphatic carboxylic acids is 1. The number of aromatic nitrogens is 3. The number of alkyl halides is 3. The van der Waals surface area contributed by atoms with E-state index in [2.05, 4.69) is 20.3 Å². The van der Waals surface area contributed by atoms with E-state index in [1.165, 1.54) is 12.2 Å². The van der Waals surface area contributed by atoms with Crippen LogP contribution in [0.2, 0.25) is 0 Å². The van der Waals surface area contributed by atoms with Crippen LogP contribution in [0.4, 0.5) is 25.1 Å². The summed E-state index contributed by atoms with van der Waals surface area (Å²) in [6, 6.07) is -0.861. The Labute approximate surface area is 200 Å². The molecule has 2 heterocycles. The lowest BCUT2D eigenvalue weighted by Crippen LogP contribution is -2.53. The van der Waals surface area contributed by atoms with E-state index >= 15 is 0 Å². The van der Waals surface area contributed by atoms with Crippen molar-refractivity contribution in [2.24, 2.45) is 0 Å². The van der Waals surface area contributed by atoms with Gasteiger partial charge >= 0.3 is 18.2 Å². The van der Waals surface area contributed by atoms with E-state index < -0.39 is 36.8 Å². The molecule has 3 N–H and O–H groups in total. The number of halogens is 3. The zero-order valence-electron chi connectivity index (χ0n) is 19.6. The van der Waals surface area contributed by atoms with Crippen LogP contribution in [-0.2, 0) is 9.53 Å². The second-order valence-electron chi connectivity index (χ2n) is 9.04. The molecule has 1 aliphatic heterocycles. The highest BCUT2D eigenvalue weighted by Gasteiger charge is 2.31. The minimum Gasteiger partial charge on any atom is -0.478 e. The van der Waals surface area contributed by atoms with E-state index in [-0.39, 0.29) is 23.5 Å². The van der Waals surface area contributed by atoms with Crippen LogP contribution in [0.15, 0.2) is 23.8 Å². The first-order valence-electron chi connectivity index (χ1n) is 11.0. The Bertz CT molecular complexity index is 958. The van der Waals surface area contributed by atoms with Gasteiger partial charge in [0.25, 0.3) is 0 Å². The Hall–Kier alpha value is -2.97. The van der Waals surface area contributed by atoms with Crippen LogP contribution in [-0.4, -0.2) is 93.1 Å². The van der Waals surface area contributed by atoms with Gasteiger partial charge in [-0.05, 0) is 33.3 Å². The molecule has 14 heteroatoms. The molecule has 1 aromatic heterocycles. The standard InChI is InChI=1S/C21H29F3N6O5/c1-20(2,3)35-19(33)30-10-8-29(9-11-30)17-26-16(27-18(28-17)34-12-21(22,23)24)25-14-6-4-13(5-7-14)15(31)32/h4-6,14,19,33H,7-12H2,1-3H3,(H,31,32)(H,25,26,27,28). The highest BCUT2D eigenvalue weighted by Crippen LogP contribution is 2.22. The van der Waals surface area contributed by atoms with Crippen molar-refractivity contribution >= 4 is 17.9 Å². The molecule has 2 unspecified atom stereocenters. The molecule has 1 aliphatic carbocycles. The maximum atomic E-state index is 12.7. The number of carboxylic acids is 1. The molecule has 1 aromatic rings. The van der Waals surface area contributed by atoms with Crippen LogP contribution in [0.25, 0.3) is 0 Å². The average Bonchev–Trinajstić information content (AvgIpc) is 2.76. The monoisotopic (exact) mass is 502 g/mol. The van der Waals surface area contributed by atoms with Crippen molar-refractivity contribution in [3.63, 3.8) is 0 Å². The van der Waals surface area contributed by atoms with Crippen molar-refractivity contribution in [3.05, 3.63) is 23.8 Å². The third-order valence-electron chi connectivity index (χ3n) is 5.00. The molecule has 0 saturated carbocycles. The van der Waals surface area contributed by atoms with Crippen molar-refractivity contribution < 1.29 is 37.7 Å². The number of ether oxygens (including phenoxy) is 2. The molecular formula is C21H29F3N6O5. The summed E-state index contributed by atoms with van der Waals surface area (Å²) in [5.41, 5.74) is -0.395. The normalized spacial score (nSPS) is 20.4. The Morgan fingerprint density at radius 1 is 1.20 bits per heavy atom. The highest BCUT2D eigenvalue weighted by atomic mass is 19.4. The van der Waals surface area contributed by atoms with E-state index in [9.17, 15) is 23.1 Å². The largest absolute Gasteiger partial charge is 0.478 e. The first kappa shape index (κ1) is 26.6. The third-order valence-corrected chi connectivity index (χ3v) is 5.00. The molecule has 35 heavy (non-hydrogen) atoms. The van der Waals surface area contributed by atoms with Gasteiger partial charge in [0.1, 0.15) is 0 Å². The maximum absolute atomic E-state index is 12.7. The number of piperazine rings is 1. The number of hydrogen-bond donors (Lipinski definition) is 3. The lowest BCUT2D eigenvalue weighted by atomic mass is 10.0. The van der Waals surface area contributed by atoms with Crippen LogP contribution >= 0.6 is 0 Å². The molecule has 2 atom stereocenters. The second kappa shape index (κ2) is 10.7. The molecule has 0 aromatic carbocycles. The Kier molecular flexibility index (Phi) is 8.18. The minimum atomic E-state index is -4.57. The van der Waals surface area contributed by atoms with Gasteiger partial charge < -0.3 is 29.9 Å². The van der Waals surface area contributed by atoms with Crippen molar-refractivity contribution in [3.8, 4) is 6.01 Å². The fourth-order valence-corrected chi connectivity index (χ4v) is 3.35. The Morgan fingerprint density at radius 2 is 1.89 bits per heavy atom. The molecule has 0 amide bonds. The van der Waals surface area contributed by atoms with Gasteiger partial charge in [0, 0.05) is 26.2 Å². The number of nitrogens with one attached hydrogen (secondary N) is 1. The molecular weight excluding hydrogens is 473 g/mol. The van der Waals surface area contributed by atoms with Gasteiger partial charge in [0.15, 0.2) is 6.61 Å². The fourth-order valence-electron chi connectivity index (χ4n) is 3.35. The predicted octanol–water partition coefficient (Wildman–Crippen LogP) is 1.78. The summed E-state index contributed by atoms with van der Waals surface area (Å²) in [7, 11) is 0. The average molecular weight is 502 g/mol. The van der Waals surface area contributed by atoms with Gasteiger partial charge in [-0.3, -0.25) is 4.90 Å². The van der Waals surface area contributed by atoms with Crippen molar-refractivity contribution in [2.45, 2.75) is 51.4 Å². The zero-order chi connectivity index (χ0) is 25.8. The second-order valence-corrected chi connectivity index (χ2v) is 9.04. The number of aliphatic hydroxyl groups excluding tert-OH is 1. The summed E-state index contributed by atoms with van der Waals surface area (Å²) < 4.78 is 48.4. The lowest BCUT2D eigenvalue weighted by molar-refractivity contribution is -0.239. The quantitative estimate of drug-likeness (QED) is 0.449. The number of carboxylic acid groups (broad SMARTS) is 1. The topological polar surface area (TPSA) is 133 Å². The third kappa shape index (κ3) is 8.33. The van der Waals surface area contributed by atoms with Crippen LogP contribution < -0.4 is 15.0 Å². The number of hydrogen-bond acceptors (Lipinski definition) is 10. The van der Waals surface area contributed by atoms with Gasteiger partial charge in [-0.25, -0.2) is 4.79 Å². The molecule has 1 saturated heterocycles. The Balaban J connectivity index is 1.72. The SMILES string of the molecule is CC(C)(C)OC(O)N1CCN(c2nc(NC3C=CC(C(=O)O)=CC3)nc(OCC(F)(F)F)n2)CC1. The van der Waals surface area contributed by atoms with E-state index in [1.54, 1.807) is 15.9 Å². The molecule has 0 spiro atoms. The molecule has 3 rings (SSSR count). The minimum absolute atomic E-state index is 0.00692. The summed E-state index contributed by atoms with van der Waals surface area (Å²) in [6.07, 6.45) is -0.787. The van der Waals surface area contributed by atoms with Gasteiger partial charge in [-0.15, -0.1) is 0 Å². The van der Waals surface area contributed by atoms with E-state index in [0.717, 1.165) is 0 Å². The fraction of sp³-hybridized carbons (Fsp3) is 0.619. The molecule has 0 bridgehead atoms. The van der Waals surface area contributed by atoms with Gasteiger partial charge in [-0.2, -0.15) is 28.1 Å². The highest BCUT2D eigenvalue weighted by molar-refractivity contribution is 5.90. The molecule has 0 radical (unpaired) electrons. The van der Waals surface area contributed by atoms with E-state index in [0.29, 0.717) is 32.6 Å². The van der Waals surface area contributed by atoms with Crippen molar-refractivity contribution in [1.82, 2.24) is 19.9 Å². The number of carbonyl (C=O) groups is 1. The molecule has 194 valence electrons. The van der Waals surface area contributed by atoms with E-state index in [4.69, 9.17) is 14.6 Å². The summed E-state index contributed by atoms with van der Waals surface area (Å²) in [4.78, 5) is 26.8. The first-order chi connectivity index (χ1) is 16.3. The van der Waals surface area contributed by atoms with Crippen molar-refractivity contribution in [2.75, 3.05) is 43.0 Å². The lowest BCUT2D eigenvalue weighted by Gasteiger charge is -2.38. The summed E-state index contributed by atoms with van der Waals surface area (Å²) in [5.74, 6) is -0.943. The maximum Gasteiger partial charge on any atom is 0.422 e. The molecule has 11 nitrogen and oxygen atoms in total. The van der Waals surface area contributed by atoms with Crippen LogP contribution in [0.5, 0.6) is 6.01 Å². The summed E-state index contributed by atoms with van der Waals surface area (Å²) >= 11 is 0. The van der Waals surface area contributed by atoms with Gasteiger partial charge in [0.05, 0.1) is 17.2 Å². The van der Waals surface area contributed by atoms with Crippen LogP contribution in [0.1, 0.15) is 27.2 Å². The van der Waals surface area contributed by atoms with E-state index in [1.807, 2.05) is 20.8 Å². The first-order valence-corrected chi connectivity index (χ1v) is 11.0. The van der Waals surface area contributed by atoms with Gasteiger partial charge in [-0.1, -0.05) is 12.2 Å². The number of rotatable bonds is 8. The zero-order valence-corrected chi connectivity index (χ0v) is 19.6. The van der Waals surface area contributed by atoms with Crippen molar-refractivity contribution in [1.29, 1.82) is 0 Å². The smallest absolute Gasteiger partial charge is 0.422 e. The summed E-state index contributed by atoms with van der Waals surface area (Å²) in [5, 5.41) is 22.3.